The van der Waals surface area contributed by atoms with Crippen LogP contribution < -0.4 is 4.90 Å². The minimum atomic E-state index is 0.734. The van der Waals surface area contributed by atoms with Crippen LogP contribution in [0.2, 0.25) is 0 Å². The van der Waals surface area contributed by atoms with Crippen LogP contribution in [-0.2, 0) is 6.42 Å². The van der Waals surface area contributed by atoms with E-state index in [1.54, 1.807) is 0 Å². The highest BCUT2D eigenvalue weighted by Crippen LogP contribution is 2.43. The van der Waals surface area contributed by atoms with Crippen molar-refractivity contribution in [1.29, 1.82) is 0 Å². The van der Waals surface area contributed by atoms with Crippen LogP contribution in [0.25, 0.3) is 69.5 Å². The van der Waals surface area contributed by atoms with Gasteiger partial charge in [0.2, 0.25) is 0 Å². The maximum atomic E-state index is 4.15. The van der Waals surface area contributed by atoms with Crippen molar-refractivity contribution in [3.63, 3.8) is 0 Å². The molecule has 0 aliphatic heterocycles. The molecule has 0 atom stereocenters. The Morgan fingerprint density at radius 3 is 2.00 bits per heavy atom. The summed E-state index contributed by atoms with van der Waals surface area (Å²) in [7, 11) is 0. The van der Waals surface area contributed by atoms with Gasteiger partial charge in [-0.25, -0.2) is 0 Å². The van der Waals surface area contributed by atoms with Crippen LogP contribution >= 0.6 is 11.3 Å². The zero-order valence-electron chi connectivity index (χ0n) is 31.5. The van der Waals surface area contributed by atoms with Gasteiger partial charge in [0.1, 0.15) is 0 Å². The molecule has 0 fully saturated rings. The zero-order chi connectivity index (χ0) is 38.1. The molecule has 0 bridgehead atoms. The molecule has 1 nitrogen and oxygen atoms in total. The molecule has 0 saturated heterocycles. The van der Waals surface area contributed by atoms with Crippen LogP contribution in [0.15, 0.2) is 219 Å². The van der Waals surface area contributed by atoms with Crippen molar-refractivity contribution in [3.05, 3.63) is 230 Å². The summed E-state index contributed by atoms with van der Waals surface area (Å²) in [4.78, 5) is 2.43. The molecule has 2 heteroatoms. The number of hydrogen-bond acceptors (Lipinski definition) is 2. The number of fused-ring (bicyclic) bond motifs is 6. The summed E-state index contributed by atoms with van der Waals surface area (Å²) in [6.45, 7) is 4.15. The van der Waals surface area contributed by atoms with E-state index in [4.69, 9.17) is 0 Å². The van der Waals surface area contributed by atoms with Gasteiger partial charge in [0.25, 0.3) is 0 Å². The van der Waals surface area contributed by atoms with Gasteiger partial charge < -0.3 is 4.90 Å². The van der Waals surface area contributed by atoms with Gasteiger partial charge in [0, 0.05) is 43.7 Å². The van der Waals surface area contributed by atoms with E-state index in [0.29, 0.717) is 0 Å². The fraction of sp³-hybridized carbons (Fsp3) is 0.0182. The van der Waals surface area contributed by atoms with Gasteiger partial charge in [0.15, 0.2) is 0 Å². The molecule has 1 aromatic heterocycles. The third-order valence-corrected chi connectivity index (χ3v) is 12.2. The molecular weight excluding hydrogens is 707 g/mol. The predicted octanol–water partition coefficient (Wildman–Crippen LogP) is 16.0. The number of rotatable bonds is 9. The van der Waals surface area contributed by atoms with E-state index in [-0.39, 0.29) is 0 Å². The van der Waals surface area contributed by atoms with E-state index in [1.807, 2.05) is 17.4 Å². The number of benzene rings is 9. The Kier molecular flexibility index (Phi) is 9.02. The highest BCUT2D eigenvalue weighted by Gasteiger charge is 2.20. The molecule has 0 N–H and O–H groups in total. The number of para-hydroxylation sites is 1. The SMILES string of the molecule is C=C/C=C(\Cc1ccccc1N(c1ccc(-c2ccc3c(ccc4ccccc43)c2)cc1)c1ccc2c(c1)sc1ccccc12)c1ccccc1-c1ccccc1. The van der Waals surface area contributed by atoms with Gasteiger partial charge in [-0.2, -0.15) is 0 Å². The zero-order valence-corrected chi connectivity index (χ0v) is 32.3. The predicted molar refractivity (Wildman–Crippen MR) is 248 cm³/mol. The lowest BCUT2D eigenvalue weighted by Gasteiger charge is -2.28. The summed E-state index contributed by atoms with van der Waals surface area (Å²) in [6, 6.07) is 72.9. The van der Waals surface area contributed by atoms with Crippen molar-refractivity contribution in [2.75, 3.05) is 4.90 Å². The van der Waals surface area contributed by atoms with Crippen molar-refractivity contribution in [3.8, 4) is 22.3 Å². The minimum Gasteiger partial charge on any atom is -0.310 e. The van der Waals surface area contributed by atoms with Crippen LogP contribution in [0.5, 0.6) is 0 Å². The number of hydrogen-bond donors (Lipinski definition) is 0. The fourth-order valence-electron chi connectivity index (χ4n) is 8.38. The van der Waals surface area contributed by atoms with Crippen LogP contribution in [0.1, 0.15) is 11.1 Å². The van der Waals surface area contributed by atoms with Crippen LogP contribution in [-0.4, -0.2) is 0 Å². The van der Waals surface area contributed by atoms with Crippen molar-refractivity contribution in [1.82, 2.24) is 0 Å². The highest BCUT2D eigenvalue weighted by atomic mass is 32.1. The smallest absolute Gasteiger partial charge is 0.0496 e. The summed E-state index contributed by atoms with van der Waals surface area (Å²) in [5.41, 5.74) is 11.9. The quantitative estimate of drug-likeness (QED) is 0.105. The second-order valence-corrected chi connectivity index (χ2v) is 15.6. The molecule has 0 unspecified atom stereocenters. The topological polar surface area (TPSA) is 3.24 Å². The van der Waals surface area contributed by atoms with Crippen molar-refractivity contribution in [2.45, 2.75) is 6.42 Å². The summed E-state index contributed by atoms with van der Waals surface area (Å²) in [5, 5.41) is 7.69. The Bertz CT molecular complexity index is 3110. The molecular formula is C55H39NS. The summed E-state index contributed by atoms with van der Waals surface area (Å²) in [6.07, 6.45) is 4.83. The number of nitrogens with zero attached hydrogens (tertiary/aromatic N) is 1. The summed E-state index contributed by atoms with van der Waals surface area (Å²) >= 11 is 1.86. The average molecular weight is 746 g/mol. The summed E-state index contributed by atoms with van der Waals surface area (Å²) in [5.74, 6) is 0. The Labute approximate surface area is 337 Å². The maximum Gasteiger partial charge on any atom is 0.0496 e. The minimum absolute atomic E-state index is 0.734. The Balaban J connectivity index is 1.08. The standard InChI is InChI=1S/C55H39NS/c1-2-14-42(49-21-10-9-20-47(49)39-15-4-3-5-16-39)36-44-18-7-12-23-53(44)56(46-32-34-52-51-22-11-13-24-54(51)57-55(52)37-46)45-30-27-38(28-31-45)41-29-33-50-43(35-41)26-25-40-17-6-8-19-48(40)50/h2-35,37H,1,36H2/b42-14+. The molecule has 10 aromatic rings. The second kappa shape index (κ2) is 14.9. The molecule has 0 aliphatic rings. The van der Waals surface area contributed by atoms with Gasteiger partial charge in [-0.15, -0.1) is 11.3 Å². The molecule has 0 spiro atoms. The van der Waals surface area contributed by atoms with Gasteiger partial charge >= 0.3 is 0 Å². The first-order valence-electron chi connectivity index (χ1n) is 19.5. The number of anilines is 3. The largest absolute Gasteiger partial charge is 0.310 e. The first-order chi connectivity index (χ1) is 28.2. The number of allylic oxidation sites excluding steroid dienone is 3. The third-order valence-electron chi connectivity index (χ3n) is 11.1. The molecule has 0 saturated carbocycles. The first-order valence-corrected chi connectivity index (χ1v) is 20.3. The van der Waals surface area contributed by atoms with Gasteiger partial charge in [-0.1, -0.05) is 176 Å². The second-order valence-electron chi connectivity index (χ2n) is 14.5. The number of thiophene rings is 1. The van der Waals surface area contributed by atoms with E-state index in [2.05, 4.69) is 218 Å². The van der Waals surface area contributed by atoms with Gasteiger partial charge in [0.05, 0.1) is 0 Å². The van der Waals surface area contributed by atoms with Crippen LogP contribution in [0.4, 0.5) is 17.1 Å². The molecule has 0 radical (unpaired) electrons. The average Bonchev–Trinajstić information content (AvgIpc) is 3.65. The molecule has 10 rings (SSSR count). The lowest BCUT2D eigenvalue weighted by atomic mass is 9.90. The van der Waals surface area contributed by atoms with Crippen LogP contribution in [0, 0.1) is 0 Å². The highest BCUT2D eigenvalue weighted by molar-refractivity contribution is 7.25. The van der Waals surface area contributed by atoms with Crippen LogP contribution in [0.3, 0.4) is 0 Å². The fourth-order valence-corrected chi connectivity index (χ4v) is 9.52. The van der Waals surface area contributed by atoms with E-state index >= 15 is 0 Å². The van der Waals surface area contributed by atoms with E-state index in [0.717, 1.165) is 23.5 Å². The molecule has 9 aromatic carbocycles. The monoisotopic (exact) mass is 745 g/mol. The lowest BCUT2D eigenvalue weighted by molar-refractivity contribution is 1.20. The Morgan fingerprint density at radius 1 is 0.474 bits per heavy atom. The Morgan fingerprint density at radius 2 is 1.12 bits per heavy atom. The lowest BCUT2D eigenvalue weighted by Crippen LogP contribution is -2.12. The molecule has 1 heterocycles. The van der Waals surface area contributed by atoms with E-state index in [1.165, 1.54) is 80.7 Å². The normalized spacial score (nSPS) is 11.8. The van der Waals surface area contributed by atoms with E-state index in [9.17, 15) is 0 Å². The molecule has 0 aliphatic carbocycles. The molecule has 57 heavy (non-hydrogen) atoms. The van der Waals surface area contributed by atoms with E-state index < -0.39 is 0 Å². The maximum absolute atomic E-state index is 4.15. The van der Waals surface area contributed by atoms with Crippen molar-refractivity contribution >= 4 is 75.7 Å². The summed E-state index contributed by atoms with van der Waals surface area (Å²) < 4.78 is 2.58. The molecule has 270 valence electrons. The Hall–Kier alpha value is -7.00. The van der Waals surface area contributed by atoms with Crippen molar-refractivity contribution < 1.29 is 0 Å². The third kappa shape index (κ3) is 6.50. The van der Waals surface area contributed by atoms with Gasteiger partial charge in [-0.3, -0.25) is 0 Å². The molecule has 0 amide bonds. The first kappa shape index (κ1) is 34.5. The van der Waals surface area contributed by atoms with Gasteiger partial charge in [-0.05, 0) is 103 Å². The van der Waals surface area contributed by atoms with Crippen molar-refractivity contribution in [2.24, 2.45) is 0 Å².